The number of fused-ring (bicyclic) bond motifs is 1. The Labute approximate surface area is 172 Å². The molecule has 7 nitrogen and oxygen atoms in total. The van der Waals surface area contributed by atoms with Gasteiger partial charge < -0.3 is 19.0 Å². The van der Waals surface area contributed by atoms with Crippen LogP contribution in [-0.4, -0.2) is 45.7 Å². The third-order valence-electron chi connectivity index (χ3n) is 5.38. The first-order valence-electron chi connectivity index (χ1n) is 10.0. The van der Waals surface area contributed by atoms with E-state index in [0.29, 0.717) is 24.4 Å². The van der Waals surface area contributed by atoms with Crippen molar-refractivity contribution in [2.45, 2.75) is 39.0 Å². The Balaban J connectivity index is 1.41. The number of ether oxygens (including phenoxy) is 2. The molecule has 1 fully saturated rings. The number of benzene rings is 1. The lowest BCUT2D eigenvalue weighted by Gasteiger charge is -2.33. The molecule has 0 spiro atoms. The molecule has 0 aliphatic carbocycles. The van der Waals surface area contributed by atoms with Crippen molar-refractivity contribution in [3.8, 4) is 11.5 Å². The van der Waals surface area contributed by atoms with E-state index in [0.717, 1.165) is 37.0 Å². The Kier molecular flexibility index (Phi) is 5.98. The highest BCUT2D eigenvalue weighted by Gasteiger charge is 2.23. The Bertz CT molecular complexity index is 1060. The molecule has 160 valence electrons. The van der Waals surface area contributed by atoms with Crippen molar-refractivity contribution in [1.29, 1.82) is 0 Å². The fourth-order valence-corrected chi connectivity index (χ4v) is 3.99. The molecular formula is C21H24F2N4O3. The predicted octanol–water partition coefficient (Wildman–Crippen LogP) is 3.56. The summed E-state index contributed by atoms with van der Waals surface area (Å²) < 4.78 is 37.2. The van der Waals surface area contributed by atoms with E-state index in [-0.39, 0.29) is 17.4 Å². The number of aromatic nitrogens is 3. The molecule has 9 heteroatoms. The third kappa shape index (κ3) is 4.30. The lowest BCUT2D eigenvalue weighted by Crippen LogP contribution is -2.34. The number of rotatable bonds is 7. The molecule has 1 aromatic carbocycles. The Morgan fingerprint density at radius 1 is 1.23 bits per heavy atom. The number of halogens is 2. The number of nitrogens with one attached hydrogen (secondary N) is 1. The van der Waals surface area contributed by atoms with Crippen LogP contribution in [0.2, 0.25) is 0 Å². The Morgan fingerprint density at radius 2 is 2.03 bits per heavy atom. The van der Waals surface area contributed by atoms with E-state index in [1.807, 2.05) is 6.07 Å². The summed E-state index contributed by atoms with van der Waals surface area (Å²) >= 11 is 0. The van der Waals surface area contributed by atoms with E-state index >= 15 is 0 Å². The molecule has 0 bridgehead atoms. The normalized spacial score (nSPS) is 15.7. The number of H-pyrrole nitrogens is 1. The van der Waals surface area contributed by atoms with Crippen LogP contribution in [0, 0.1) is 0 Å². The minimum atomic E-state index is -2.89. The van der Waals surface area contributed by atoms with Gasteiger partial charge in [-0.25, -0.2) is 4.98 Å². The Hall–Kier alpha value is -2.94. The second-order valence-electron chi connectivity index (χ2n) is 7.29. The van der Waals surface area contributed by atoms with Crippen LogP contribution in [0.25, 0.3) is 11.0 Å². The molecule has 3 aromatic rings. The Morgan fingerprint density at radius 3 is 2.77 bits per heavy atom. The summed E-state index contributed by atoms with van der Waals surface area (Å²) in [7, 11) is 0. The fourth-order valence-electron chi connectivity index (χ4n) is 3.99. The number of hydrogen-bond acceptors (Lipinski definition) is 5. The van der Waals surface area contributed by atoms with Crippen LogP contribution in [0.1, 0.15) is 31.4 Å². The van der Waals surface area contributed by atoms with Crippen LogP contribution in [0.3, 0.4) is 0 Å². The summed E-state index contributed by atoms with van der Waals surface area (Å²) in [5.41, 5.74) is 2.13. The van der Waals surface area contributed by atoms with Crippen molar-refractivity contribution in [1.82, 2.24) is 19.4 Å². The summed E-state index contributed by atoms with van der Waals surface area (Å²) in [5.74, 6) is 0.386. The van der Waals surface area contributed by atoms with Crippen molar-refractivity contribution in [2.24, 2.45) is 0 Å². The quantitative estimate of drug-likeness (QED) is 0.635. The van der Waals surface area contributed by atoms with Crippen LogP contribution >= 0.6 is 0 Å². The molecule has 0 saturated carbocycles. The first kappa shape index (κ1) is 20.3. The van der Waals surface area contributed by atoms with Gasteiger partial charge in [0.25, 0.3) is 5.56 Å². The van der Waals surface area contributed by atoms with Crippen LogP contribution < -0.4 is 15.0 Å². The first-order chi connectivity index (χ1) is 14.5. The van der Waals surface area contributed by atoms with E-state index in [9.17, 15) is 13.6 Å². The fraction of sp³-hybridized carbons (Fsp3) is 0.429. The number of piperidine rings is 1. The van der Waals surface area contributed by atoms with Crippen LogP contribution in [0.4, 0.5) is 8.78 Å². The lowest BCUT2D eigenvalue weighted by atomic mass is 10.0. The van der Waals surface area contributed by atoms with Crippen molar-refractivity contribution >= 4 is 11.0 Å². The molecule has 1 aliphatic heterocycles. The van der Waals surface area contributed by atoms with Gasteiger partial charge in [0.1, 0.15) is 0 Å². The molecule has 1 saturated heterocycles. The molecule has 0 atom stereocenters. The second-order valence-corrected chi connectivity index (χ2v) is 7.29. The van der Waals surface area contributed by atoms with E-state index in [2.05, 4.69) is 24.2 Å². The van der Waals surface area contributed by atoms with Gasteiger partial charge in [-0.1, -0.05) is 6.07 Å². The summed E-state index contributed by atoms with van der Waals surface area (Å²) in [6.07, 6.45) is 5.26. The van der Waals surface area contributed by atoms with Crippen molar-refractivity contribution in [3.05, 3.63) is 52.7 Å². The maximum Gasteiger partial charge on any atom is 0.387 e. The van der Waals surface area contributed by atoms with Gasteiger partial charge in [0.2, 0.25) is 0 Å². The molecule has 2 aromatic heterocycles. The highest BCUT2D eigenvalue weighted by molar-refractivity contribution is 5.73. The molecule has 0 amide bonds. The summed E-state index contributed by atoms with van der Waals surface area (Å²) in [4.78, 5) is 21.1. The average molecular weight is 418 g/mol. The maximum atomic E-state index is 12.6. The second kappa shape index (κ2) is 8.83. The van der Waals surface area contributed by atoms with Crippen LogP contribution in [0.5, 0.6) is 11.5 Å². The van der Waals surface area contributed by atoms with Crippen molar-refractivity contribution < 1.29 is 18.3 Å². The molecule has 0 radical (unpaired) electrons. The smallest absolute Gasteiger partial charge is 0.387 e. The topological polar surface area (TPSA) is 72.4 Å². The van der Waals surface area contributed by atoms with Crippen molar-refractivity contribution in [3.63, 3.8) is 0 Å². The number of alkyl halides is 2. The minimum absolute atomic E-state index is 0.0521. The van der Waals surface area contributed by atoms with Gasteiger partial charge in [0.15, 0.2) is 17.0 Å². The molecule has 0 unspecified atom stereocenters. The highest BCUT2D eigenvalue weighted by Crippen LogP contribution is 2.31. The van der Waals surface area contributed by atoms with Crippen LogP contribution in [-0.2, 0) is 6.54 Å². The lowest BCUT2D eigenvalue weighted by molar-refractivity contribution is -0.0514. The van der Waals surface area contributed by atoms with Gasteiger partial charge in [-0.05, 0) is 43.5 Å². The molecule has 1 aliphatic rings. The number of likely N-dealkylation sites (tertiary alicyclic amines) is 1. The molecular weight excluding hydrogens is 394 g/mol. The largest absolute Gasteiger partial charge is 0.490 e. The molecule has 1 N–H and O–H groups in total. The zero-order chi connectivity index (χ0) is 21.1. The number of hydrogen-bond donors (Lipinski definition) is 1. The third-order valence-corrected chi connectivity index (χ3v) is 5.38. The highest BCUT2D eigenvalue weighted by atomic mass is 19.3. The van der Waals surface area contributed by atoms with E-state index < -0.39 is 6.61 Å². The first-order valence-corrected chi connectivity index (χ1v) is 10.0. The zero-order valence-corrected chi connectivity index (χ0v) is 16.7. The van der Waals surface area contributed by atoms with Gasteiger partial charge in [0.05, 0.1) is 18.5 Å². The van der Waals surface area contributed by atoms with Gasteiger partial charge >= 0.3 is 6.61 Å². The van der Waals surface area contributed by atoms with Crippen molar-refractivity contribution in [2.75, 3.05) is 19.7 Å². The van der Waals surface area contributed by atoms with Crippen LogP contribution in [0.15, 0.2) is 41.6 Å². The maximum absolute atomic E-state index is 12.6. The predicted molar refractivity (Wildman–Crippen MR) is 108 cm³/mol. The standard InChI is InChI=1S/C21H24F2N4O3/c1-2-29-18-11-14(3-4-17(18)30-21(22)23)12-26-9-6-15(7-10-26)27-13-25-19-16(27)5-8-24-20(19)28/h3-5,8,11,13,15,21H,2,6-7,9-10,12H2,1H3,(H,24,28). The molecule has 3 heterocycles. The SMILES string of the molecule is CCOc1cc(CN2CCC(n3cnc4c(=O)[nH]ccc43)CC2)ccc1OC(F)F. The number of aromatic amines is 1. The van der Waals surface area contributed by atoms with Gasteiger partial charge in [-0.2, -0.15) is 8.78 Å². The van der Waals surface area contributed by atoms with E-state index in [4.69, 9.17) is 4.74 Å². The van der Waals surface area contributed by atoms with Gasteiger partial charge in [-0.15, -0.1) is 0 Å². The summed E-state index contributed by atoms with van der Waals surface area (Å²) in [6.45, 7) is 1.75. The van der Waals surface area contributed by atoms with Gasteiger partial charge in [0, 0.05) is 31.9 Å². The minimum Gasteiger partial charge on any atom is -0.490 e. The van der Waals surface area contributed by atoms with E-state index in [1.54, 1.807) is 31.6 Å². The van der Waals surface area contributed by atoms with Gasteiger partial charge in [-0.3, -0.25) is 9.69 Å². The molecule has 4 rings (SSSR count). The van der Waals surface area contributed by atoms with E-state index in [1.165, 1.54) is 6.07 Å². The summed E-state index contributed by atoms with van der Waals surface area (Å²) in [6, 6.07) is 7.27. The number of imidazole rings is 1. The molecule has 30 heavy (non-hydrogen) atoms. The average Bonchev–Trinajstić information content (AvgIpc) is 3.16. The summed E-state index contributed by atoms with van der Waals surface area (Å²) in [5, 5.41) is 0. The number of pyridine rings is 1. The monoisotopic (exact) mass is 418 g/mol. The number of nitrogens with zero attached hydrogens (tertiary/aromatic N) is 3. The zero-order valence-electron chi connectivity index (χ0n) is 16.7.